The third-order valence-corrected chi connectivity index (χ3v) is 1.89. The fourth-order valence-corrected chi connectivity index (χ4v) is 1.33. The lowest BCUT2D eigenvalue weighted by molar-refractivity contribution is 0.492. The van der Waals surface area contributed by atoms with E-state index in [0.29, 0.717) is 5.82 Å². The topological polar surface area (TPSA) is 65.4 Å². The Bertz CT molecular complexity index is 373. The van der Waals surface area contributed by atoms with Gasteiger partial charge in [-0.25, -0.2) is 9.99 Å². The Morgan fingerprint density at radius 3 is 2.93 bits per heavy atom. The van der Waals surface area contributed by atoms with Crippen LogP contribution in [0.3, 0.4) is 0 Å². The van der Waals surface area contributed by atoms with Crippen LogP contribution < -0.4 is 10.7 Å². The fraction of sp³-hybridized carbons (Fsp3) is 0.444. The van der Waals surface area contributed by atoms with Gasteiger partial charge in [-0.2, -0.15) is 0 Å². The number of amidine groups is 1. The second-order valence-corrected chi connectivity index (χ2v) is 3.45. The lowest BCUT2D eigenvalue weighted by Gasteiger charge is -2.12. The molecule has 2 heterocycles. The van der Waals surface area contributed by atoms with Gasteiger partial charge in [-0.1, -0.05) is 0 Å². The maximum absolute atomic E-state index is 4.39. The maximum Gasteiger partial charge on any atom is 0.159 e. The Morgan fingerprint density at radius 2 is 2.27 bits per heavy atom. The molecule has 0 saturated carbocycles. The number of aromatic nitrogens is 2. The van der Waals surface area contributed by atoms with Crippen LogP contribution in [0.25, 0.3) is 0 Å². The first-order valence-corrected chi connectivity index (χ1v) is 4.80. The SMILES string of the molecule is CN(C)Nc1cncc(C2=NCCN2)n1. The molecule has 0 atom stereocenters. The normalized spacial score (nSPS) is 15.0. The number of hydrogen-bond acceptors (Lipinski definition) is 6. The standard InChI is InChI=1S/C9H14N6/c1-15(2)14-8-6-10-5-7(13-8)9-11-3-4-12-9/h5-6H,3-4H2,1-2H3,(H,11,12)(H,13,14). The number of nitrogens with one attached hydrogen (secondary N) is 2. The summed E-state index contributed by atoms with van der Waals surface area (Å²) in [5.74, 6) is 1.54. The smallest absolute Gasteiger partial charge is 0.159 e. The molecule has 0 fully saturated rings. The molecular formula is C9H14N6. The van der Waals surface area contributed by atoms with Gasteiger partial charge in [0.2, 0.25) is 0 Å². The van der Waals surface area contributed by atoms with Crippen molar-refractivity contribution in [2.75, 3.05) is 32.6 Å². The van der Waals surface area contributed by atoms with Gasteiger partial charge in [0, 0.05) is 20.6 Å². The van der Waals surface area contributed by atoms with Crippen molar-refractivity contribution < 1.29 is 0 Å². The van der Waals surface area contributed by atoms with Crippen molar-refractivity contribution in [3.63, 3.8) is 0 Å². The van der Waals surface area contributed by atoms with Gasteiger partial charge in [0.05, 0.1) is 18.9 Å². The molecule has 1 aliphatic heterocycles. The van der Waals surface area contributed by atoms with Crippen molar-refractivity contribution in [3.8, 4) is 0 Å². The number of anilines is 1. The number of aliphatic imine (C=N–C) groups is 1. The van der Waals surface area contributed by atoms with Crippen LogP contribution in [0.2, 0.25) is 0 Å². The molecule has 2 rings (SSSR count). The van der Waals surface area contributed by atoms with E-state index in [1.54, 1.807) is 12.4 Å². The monoisotopic (exact) mass is 206 g/mol. The minimum absolute atomic E-state index is 0.717. The Balaban J connectivity index is 2.18. The van der Waals surface area contributed by atoms with E-state index in [1.807, 2.05) is 19.1 Å². The van der Waals surface area contributed by atoms with Crippen molar-refractivity contribution >= 4 is 11.7 Å². The maximum atomic E-state index is 4.39. The van der Waals surface area contributed by atoms with E-state index in [0.717, 1.165) is 24.6 Å². The van der Waals surface area contributed by atoms with Crippen LogP contribution in [0.4, 0.5) is 5.82 Å². The van der Waals surface area contributed by atoms with Gasteiger partial charge in [0.1, 0.15) is 11.5 Å². The molecule has 1 aliphatic rings. The van der Waals surface area contributed by atoms with Gasteiger partial charge in [-0.15, -0.1) is 0 Å². The van der Waals surface area contributed by atoms with E-state index in [9.17, 15) is 0 Å². The summed E-state index contributed by atoms with van der Waals surface area (Å²) >= 11 is 0. The average Bonchev–Trinajstić information content (AvgIpc) is 2.69. The van der Waals surface area contributed by atoms with E-state index in [1.165, 1.54) is 0 Å². The van der Waals surface area contributed by atoms with Gasteiger partial charge < -0.3 is 10.7 Å². The zero-order valence-electron chi connectivity index (χ0n) is 8.86. The zero-order valence-corrected chi connectivity index (χ0v) is 8.86. The summed E-state index contributed by atoms with van der Waals surface area (Å²) in [6.45, 7) is 1.69. The largest absolute Gasteiger partial charge is 0.367 e. The average molecular weight is 206 g/mol. The Kier molecular flexibility index (Phi) is 2.77. The molecule has 1 aromatic rings. The predicted octanol–water partition coefficient (Wildman–Crippen LogP) is -0.285. The third-order valence-electron chi connectivity index (χ3n) is 1.89. The highest BCUT2D eigenvalue weighted by Crippen LogP contribution is 2.04. The molecule has 0 saturated heterocycles. The number of hydrazine groups is 1. The first-order valence-electron chi connectivity index (χ1n) is 4.80. The summed E-state index contributed by atoms with van der Waals surface area (Å²) in [7, 11) is 3.80. The Morgan fingerprint density at radius 1 is 1.40 bits per heavy atom. The van der Waals surface area contributed by atoms with E-state index >= 15 is 0 Å². The van der Waals surface area contributed by atoms with E-state index < -0.39 is 0 Å². The molecule has 0 radical (unpaired) electrons. The van der Waals surface area contributed by atoms with Crippen LogP contribution in [0, 0.1) is 0 Å². The molecular weight excluding hydrogens is 192 g/mol. The van der Waals surface area contributed by atoms with Gasteiger partial charge in [-0.05, 0) is 0 Å². The number of hydrogen-bond donors (Lipinski definition) is 2. The Hall–Kier alpha value is -1.69. The molecule has 1 aromatic heterocycles. The van der Waals surface area contributed by atoms with Gasteiger partial charge in [0.25, 0.3) is 0 Å². The molecule has 0 unspecified atom stereocenters. The summed E-state index contributed by atoms with van der Waals surface area (Å²) in [6, 6.07) is 0. The molecule has 0 aliphatic carbocycles. The van der Waals surface area contributed by atoms with Crippen LogP contribution >= 0.6 is 0 Å². The van der Waals surface area contributed by atoms with Crippen LogP contribution in [0.5, 0.6) is 0 Å². The second kappa shape index (κ2) is 4.22. The molecule has 0 spiro atoms. The highest BCUT2D eigenvalue weighted by Gasteiger charge is 2.10. The molecule has 0 aromatic carbocycles. The van der Waals surface area contributed by atoms with Gasteiger partial charge >= 0.3 is 0 Å². The van der Waals surface area contributed by atoms with Crippen molar-refractivity contribution in [2.45, 2.75) is 0 Å². The first kappa shape index (κ1) is 9.85. The van der Waals surface area contributed by atoms with E-state index in [4.69, 9.17) is 0 Å². The summed E-state index contributed by atoms with van der Waals surface area (Å²) in [4.78, 5) is 12.8. The first-order chi connectivity index (χ1) is 7.25. The molecule has 2 N–H and O–H groups in total. The summed E-state index contributed by atoms with van der Waals surface area (Å²) < 4.78 is 0. The Labute approximate surface area is 88.4 Å². The summed E-state index contributed by atoms with van der Waals surface area (Å²) in [5, 5.41) is 4.98. The molecule has 0 amide bonds. The molecule has 6 heteroatoms. The van der Waals surface area contributed by atoms with Crippen LogP contribution in [0.15, 0.2) is 17.4 Å². The van der Waals surface area contributed by atoms with Crippen molar-refractivity contribution in [2.24, 2.45) is 4.99 Å². The van der Waals surface area contributed by atoms with Gasteiger partial charge in [-0.3, -0.25) is 9.98 Å². The van der Waals surface area contributed by atoms with E-state index in [2.05, 4.69) is 25.7 Å². The van der Waals surface area contributed by atoms with Gasteiger partial charge in [0.15, 0.2) is 5.82 Å². The van der Waals surface area contributed by atoms with Crippen LogP contribution in [0.1, 0.15) is 5.69 Å². The van der Waals surface area contributed by atoms with Crippen LogP contribution in [-0.4, -0.2) is 48.0 Å². The summed E-state index contributed by atoms with van der Waals surface area (Å²) in [6.07, 6.45) is 3.39. The molecule has 6 nitrogen and oxygen atoms in total. The van der Waals surface area contributed by atoms with E-state index in [-0.39, 0.29) is 0 Å². The minimum atomic E-state index is 0.717. The highest BCUT2D eigenvalue weighted by molar-refractivity contribution is 5.98. The van der Waals surface area contributed by atoms with Crippen molar-refractivity contribution in [1.29, 1.82) is 0 Å². The minimum Gasteiger partial charge on any atom is -0.367 e. The second-order valence-electron chi connectivity index (χ2n) is 3.45. The molecule has 80 valence electrons. The van der Waals surface area contributed by atoms with Crippen LogP contribution in [-0.2, 0) is 0 Å². The summed E-state index contributed by atoms with van der Waals surface area (Å²) in [5.41, 5.74) is 3.82. The lowest BCUT2D eigenvalue weighted by atomic mass is 10.4. The number of nitrogens with zero attached hydrogens (tertiary/aromatic N) is 4. The predicted molar refractivity (Wildman–Crippen MR) is 58.7 cm³/mol. The van der Waals surface area contributed by atoms with Crippen molar-refractivity contribution in [3.05, 3.63) is 18.1 Å². The zero-order chi connectivity index (χ0) is 10.7. The number of rotatable bonds is 3. The molecule has 0 bridgehead atoms. The van der Waals surface area contributed by atoms with Crippen molar-refractivity contribution in [1.82, 2.24) is 20.3 Å². The quantitative estimate of drug-likeness (QED) is 0.666. The highest BCUT2D eigenvalue weighted by atomic mass is 15.5. The lowest BCUT2D eigenvalue weighted by Crippen LogP contribution is -2.24. The fourth-order valence-electron chi connectivity index (χ4n) is 1.33. The molecule has 15 heavy (non-hydrogen) atoms. The third kappa shape index (κ3) is 2.41.